The highest BCUT2D eigenvalue weighted by Crippen LogP contribution is 2.28. The van der Waals surface area contributed by atoms with Crippen molar-refractivity contribution in [2.24, 2.45) is 7.05 Å². The molecular formula is C11H9BrN4O4. The average Bonchev–Trinajstić information content (AvgIpc) is 2.70. The Hall–Kier alpha value is -2.42. The summed E-state index contributed by atoms with van der Waals surface area (Å²) in [7, 11) is 1.66. The molecule has 1 aromatic carbocycles. The van der Waals surface area contributed by atoms with Crippen LogP contribution in [-0.2, 0) is 7.05 Å². The van der Waals surface area contributed by atoms with E-state index in [0.29, 0.717) is 4.47 Å². The van der Waals surface area contributed by atoms with E-state index in [0.717, 1.165) is 6.07 Å². The molecule has 20 heavy (non-hydrogen) atoms. The Morgan fingerprint density at radius 1 is 1.55 bits per heavy atom. The largest absolute Gasteiger partial charge is 0.506 e. The van der Waals surface area contributed by atoms with Crippen LogP contribution in [0, 0.1) is 10.1 Å². The molecule has 0 saturated carbocycles. The van der Waals surface area contributed by atoms with Crippen LogP contribution in [0.5, 0.6) is 5.75 Å². The molecule has 0 aliphatic rings. The minimum atomic E-state index is -0.638. The van der Waals surface area contributed by atoms with E-state index in [9.17, 15) is 20.0 Å². The first-order valence-corrected chi connectivity index (χ1v) is 6.15. The summed E-state index contributed by atoms with van der Waals surface area (Å²) in [6, 6.07) is 3.40. The van der Waals surface area contributed by atoms with Gasteiger partial charge in [0.15, 0.2) is 5.69 Å². The maximum absolute atomic E-state index is 12.0. The number of nitro groups is 1. The Bertz CT molecular complexity index is 698. The van der Waals surface area contributed by atoms with Crippen molar-refractivity contribution in [3.05, 3.63) is 44.7 Å². The molecule has 0 radical (unpaired) electrons. The summed E-state index contributed by atoms with van der Waals surface area (Å²) in [5.74, 6) is -0.929. The van der Waals surface area contributed by atoms with Crippen LogP contribution in [0.2, 0.25) is 0 Å². The highest BCUT2D eigenvalue weighted by molar-refractivity contribution is 9.10. The van der Waals surface area contributed by atoms with Crippen molar-refractivity contribution in [1.82, 2.24) is 9.78 Å². The van der Waals surface area contributed by atoms with Gasteiger partial charge in [-0.1, -0.05) is 0 Å². The molecule has 9 heteroatoms. The van der Waals surface area contributed by atoms with Gasteiger partial charge in [-0.25, -0.2) is 0 Å². The predicted molar refractivity (Wildman–Crippen MR) is 73.6 cm³/mol. The van der Waals surface area contributed by atoms with Crippen molar-refractivity contribution in [3.63, 3.8) is 0 Å². The fraction of sp³-hybridized carbons (Fsp3) is 0.0909. The highest BCUT2D eigenvalue weighted by Gasteiger charge is 2.17. The molecule has 0 atom stereocenters. The van der Waals surface area contributed by atoms with E-state index in [1.165, 1.54) is 16.8 Å². The summed E-state index contributed by atoms with van der Waals surface area (Å²) in [6.07, 6.45) is 1.60. The number of amides is 1. The third-order valence-electron chi connectivity index (χ3n) is 2.44. The quantitative estimate of drug-likeness (QED) is 0.504. The van der Waals surface area contributed by atoms with Gasteiger partial charge in [0.2, 0.25) is 0 Å². The van der Waals surface area contributed by atoms with Gasteiger partial charge in [0.05, 0.1) is 21.1 Å². The SMILES string of the molecule is Cn1cc(Br)c(C(=O)Nc2ccc([N+](=O)[O-])cc2O)n1. The molecule has 1 amide bonds. The van der Waals surface area contributed by atoms with Gasteiger partial charge in [-0.15, -0.1) is 0 Å². The van der Waals surface area contributed by atoms with Gasteiger partial charge in [0.1, 0.15) is 5.75 Å². The minimum absolute atomic E-state index is 0.0677. The topological polar surface area (TPSA) is 110 Å². The molecule has 0 bridgehead atoms. The molecule has 2 N–H and O–H groups in total. The van der Waals surface area contributed by atoms with Crippen LogP contribution in [0.3, 0.4) is 0 Å². The van der Waals surface area contributed by atoms with E-state index in [-0.39, 0.29) is 22.8 Å². The number of nitrogens with one attached hydrogen (secondary N) is 1. The third-order valence-corrected chi connectivity index (χ3v) is 3.02. The van der Waals surface area contributed by atoms with Crippen LogP contribution in [0.4, 0.5) is 11.4 Å². The van der Waals surface area contributed by atoms with E-state index in [1.54, 1.807) is 13.2 Å². The fourth-order valence-electron chi connectivity index (χ4n) is 1.53. The number of aromatic hydroxyl groups is 1. The summed E-state index contributed by atoms with van der Waals surface area (Å²) in [5.41, 5.74) is -0.0529. The lowest BCUT2D eigenvalue weighted by Gasteiger charge is -2.05. The van der Waals surface area contributed by atoms with E-state index in [4.69, 9.17) is 0 Å². The first-order valence-electron chi connectivity index (χ1n) is 5.36. The molecule has 0 saturated heterocycles. The summed E-state index contributed by atoms with van der Waals surface area (Å²) in [4.78, 5) is 21.9. The monoisotopic (exact) mass is 340 g/mol. The van der Waals surface area contributed by atoms with Crippen molar-refractivity contribution >= 4 is 33.2 Å². The second kappa shape index (κ2) is 5.29. The second-order valence-corrected chi connectivity index (χ2v) is 4.77. The third kappa shape index (κ3) is 2.77. The number of halogens is 1. The first kappa shape index (κ1) is 14.0. The molecule has 0 fully saturated rings. The number of aromatic nitrogens is 2. The standard InChI is InChI=1S/C11H9BrN4O4/c1-15-5-7(12)10(14-15)11(18)13-8-3-2-6(16(19)20)4-9(8)17/h2-5,17H,1H3,(H,13,18). The lowest BCUT2D eigenvalue weighted by molar-refractivity contribution is -0.384. The molecule has 1 heterocycles. The Balaban J connectivity index is 2.24. The van der Waals surface area contributed by atoms with Crippen molar-refractivity contribution in [1.29, 1.82) is 0 Å². The normalized spacial score (nSPS) is 10.3. The minimum Gasteiger partial charge on any atom is -0.506 e. The van der Waals surface area contributed by atoms with Crippen LogP contribution in [0.15, 0.2) is 28.9 Å². The zero-order valence-electron chi connectivity index (χ0n) is 10.2. The van der Waals surface area contributed by atoms with E-state index in [1.807, 2.05) is 0 Å². The Kier molecular flexibility index (Phi) is 3.70. The number of nitrogens with zero attached hydrogens (tertiary/aromatic N) is 3. The summed E-state index contributed by atoms with van der Waals surface area (Å²) in [6.45, 7) is 0. The molecule has 2 aromatic rings. The first-order chi connectivity index (χ1) is 9.38. The number of nitro benzene ring substituents is 1. The number of hydrogen-bond acceptors (Lipinski definition) is 5. The van der Waals surface area contributed by atoms with Crippen LogP contribution < -0.4 is 5.32 Å². The van der Waals surface area contributed by atoms with Crippen LogP contribution in [-0.4, -0.2) is 25.7 Å². The van der Waals surface area contributed by atoms with Gasteiger partial charge in [-0.05, 0) is 22.0 Å². The van der Waals surface area contributed by atoms with Crippen molar-refractivity contribution in [2.45, 2.75) is 0 Å². The number of rotatable bonds is 3. The van der Waals surface area contributed by atoms with E-state index < -0.39 is 10.8 Å². The van der Waals surface area contributed by atoms with Crippen LogP contribution in [0.1, 0.15) is 10.5 Å². The summed E-state index contributed by atoms with van der Waals surface area (Å²) in [5, 5.41) is 26.6. The zero-order valence-corrected chi connectivity index (χ0v) is 11.8. The molecule has 104 valence electrons. The van der Waals surface area contributed by atoms with Gasteiger partial charge in [-0.3, -0.25) is 19.6 Å². The number of carbonyl (C=O) groups excluding carboxylic acids is 1. The second-order valence-electron chi connectivity index (χ2n) is 3.91. The van der Waals surface area contributed by atoms with Crippen molar-refractivity contribution in [3.8, 4) is 5.75 Å². The number of benzene rings is 1. The number of anilines is 1. The molecule has 0 aliphatic heterocycles. The van der Waals surface area contributed by atoms with Gasteiger partial charge in [0, 0.05) is 19.3 Å². The van der Waals surface area contributed by atoms with Gasteiger partial charge < -0.3 is 10.4 Å². The van der Waals surface area contributed by atoms with Crippen LogP contribution in [0.25, 0.3) is 0 Å². The molecule has 2 rings (SSSR count). The summed E-state index contributed by atoms with van der Waals surface area (Å²) < 4.78 is 1.95. The lowest BCUT2D eigenvalue weighted by Crippen LogP contribution is -2.13. The van der Waals surface area contributed by atoms with Gasteiger partial charge in [-0.2, -0.15) is 5.10 Å². The van der Waals surface area contributed by atoms with Crippen LogP contribution >= 0.6 is 15.9 Å². The molecule has 8 nitrogen and oxygen atoms in total. The maximum atomic E-state index is 12.0. The molecular weight excluding hydrogens is 332 g/mol. The lowest BCUT2D eigenvalue weighted by atomic mass is 10.2. The number of non-ortho nitro benzene ring substituents is 1. The zero-order chi connectivity index (χ0) is 14.9. The molecule has 1 aromatic heterocycles. The Labute approximate surface area is 121 Å². The molecule has 0 unspecified atom stereocenters. The molecule has 0 aliphatic carbocycles. The fourth-order valence-corrected chi connectivity index (χ4v) is 2.09. The maximum Gasteiger partial charge on any atom is 0.277 e. The van der Waals surface area contributed by atoms with E-state index in [2.05, 4.69) is 26.3 Å². The van der Waals surface area contributed by atoms with Crippen molar-refractivity contribution < 1.29 is 14.8 Å². The molecule has 0 spiro atoms. The average molecular weight is 341 g/mol. The van der Waals surface area contributed by atoms with Crippen molar-refractivity contribution in [2.75, 3.05) is 5.32 Å². The number of hydrogen-bond donors (Lipinski definition) is 2. The van der Waals surface area contributed by atoms with Gasteiger partial charge in [0.25, 0.3) is 11.6 Å². The Morgan fingerprint density at radius 2 is 2.25 bits per heavy atom. The van der Waals surface area contributed by atoms with Gasteiger partial charge >= 0.3 is 0 Å². The smallest absolute Gasteiger partial charge is 0.277 e. The summed E-state index contributed by atoms with van der Waals surface area (Å²) >= 11 is 3.18. The number of phenolic OH excluding ortho intramolecular Hbond substituents is 1. The number of carbonyl (C=O) groups is 1. The predicted octanol–water partition coefficient (Wildman–Crippen LogP) is 2.05. The van der Waals surface area contributed by atoms with E-state index >= 15 is 0 Å². The highest BCUT2D eigenvalue weighted by atomic mass is 79.9. The number of phenols is 1. The number of aryl methyl sites for hydroxylation is 1. The Morgan fingerprint density at radius 3 is 2.75 bits per heavy atom.